The molecule has 0 heterocycles. The fourth-order valence-electron chi connectivity index (χ4n) is 5.77. The van der Waals surface area contributed by atoms with E-state index < -0.39 is 35.7 Å². The zero-order chi connectivity index (χ0) is 28.1. The summed E-state index contributed by atoms with van der Waals surface area (Å²) in [5.41, 5.74) is 4.10. The Kier molecular flexibility index (Phi) is 8.16. The molecule has 0 radical (unpaired) electrons. The largest absolute Gasteiger partial charge is 0.480 e. The van der Waals surface area contributed by atoms with Gasteiger partial charge in [-0.25, -0.2) is 9.59 Å². The summed E-state index contributed by atoms with van der Waals surface area (Å²) in [5, 5.41) is 15.3. The van der Waals surface area contributed by atoms with E-state index in [-0.39, 0.29) is 19.1 Å². The Morgan fingerprint density at radius 2 is 1.48 bits per heavy atom. The second kappa shape index (κ2) is 11.9. The molecule has 0 spiro atoms. The van der Waals surface area contributed by atoms with Crippen LogP contribution in [0.1, 0.15) is 55.2 Å². The summed E-state index contributed by atoms with van der Waals surface area (Å²) < 4.78 is 11.5. The van der Waals surface area contributed by atoms with Crippen LogP contribution in [0, 0.1) is 0 Å². The second-order valence-electron chi connectivity index (χ2n) is 10.5. The molecule has 208 valence electrons. The standard InChI is InChI=1S/C32H34N2O6/c1-21(39-19-22-11-3-2-4-12-22)28(29(35)36)33-30(37)32(17-9-10-18-32)34-31(38)40-20-27-25-15-7-5-13-23(25)24-14-6-8-16-26(24)27/h2-8,11-16,21,27-28H,9-10,17-20H2,1H3,(H,33,37)(H,34,38)(H,35,36). The van der Waals surface area contributed by atoms with Crippen LogP contribution in [0.5, 0.6) is 0 Å². The van der Waals surface area contributed by atoms with Crippen molar-refractivity contribution in [2.24, 2.45) is 0 Å². The number of carbonyl (C=O) groups is 3. The first kappa shape index (κ1) is 27.4. The summed E-state index contributed by atoms with van der Waals surface area (Å²) in [4.78, 5) is 38.6. The van der Waals surface area contributed by atoms with Gasteiger partial charge in [-0.15, -0.1) is 0 Å². The zero-order valence-corrected chi connectivity index (χ0v) is 22.5. The van der Waals surface area contributed by atoms with Gasteiger partial charge in [0.05, 0.1) is 12.7 Å². The Hall–Kier alpha value is -4.17. The topological polar surface area (TPSA) is 114 Å². The molecule has 1 saturated carbocycles. The summed E-state index contributed by atoms with van der Waals surface area (Å²) in [6.45, 7) is 1.95. The van der Waals surface area contributed by atoms with Crippen molar-refractivity contribution in [3.05, 3.63) is 95.6 Å². The number of hydrogen-bond donors (Lipinski definition) is 3. The molecule has 3 N–H and O–H groups in total. The van der Waals surface area contributed by atoms with Crippen LogP contribution in [-0.4, -0.2) is 47.4 Å². The van der Waals surface area contributed by atoms with Gasteiger partial charge in [-0.2, -0.15) is 0 Å². The minimum atomic E-state index is -1.28. The van der Waals surface area contributed by atoms with E-state index in [4.69, 9.17) is 9.47 Å². The number of carboxylic acids is 1. The number of fused-ring (bicyclic) bond motifs is 3. The number of carboxylic acid groups (broad SMARTS) is 1. The van der Waals surface area contributed by atoms with E-state index in [0.29, 0.717) is 12.8 Å². The maximum absolute atomic E-state index is 13.5. The first-order valence-electron chi connectivity index (χ1n) is 13.7. The van der Waals surface area contributed by atoms with Crippen molar-refractivity contribution in [1.82, 2.24) is 10.6 Å². The van der Waals surface area contributed by atoms with E-state index in [1.165, 1.54) is 0 Å². The monoisotopic (exact) mass is 542 g/mol. The van der Waals surface area contributed by atoms with Crippen molar-refractivity contribution >= 4 is 18.0 Å². The SMILES string of the molecule is CC(OCc1ccccc1)C(NC(=O)C1(NC(=O)OCC2c3ccccc3-c3ccccc32)CCCC1)C(=O)O. The van der Waals surface area contributed by atoms with Crippen molar-refractivity contribution in [3.63, 3.8) is 0 Å². The Labute approximate surface area is 233 Å². The number of alkyl carbamates (subject to hydrolysis) is 1. The minimum Gasteiger partial charge on any atom is -0.480 e. The van der Waals surface area contributed by atoms with E-state index in [1.54, 1.807) is 6.92 Å². The summed E-state index contributed by atoms with van der Waals surface area (Å²) in [6, 6.07) is 24.3. The number of carbonyl (C=O) groups excluding carboxylic acids is 2. The van der Waals surface area contributed by atoms with E-state index in [9.17, 15) is 19.5 Å². The molecular formula is C32H34N2O6. The fraction of sp³-hybridized carbons (Fsp3) is 0.344. The molecule has 1 fully saturated rings. The van der Waals surface area contributed by atoms with Crippen molar-refractivity contribution in [3.8, 4) is 11.1 Å². The molecule has 5 rings (SSSR count). The summed E-state index contributed by atoms with van der Waals surface area (Å²) >= 11 is 0. The number of amides is 2. The molecule has 2 unspecified atom stereocenters. The molecular weight excluding hydrogens is 508 g/mol. The maximum atomic E-state index is 13.5. The van der Waals surface area contributed by atoms with Crippen LogP contribution in [0.25, 0.3) is 11.1 Å². The third-order valence-electron chi connectivity index (χ3n) is 7.95. The molecule has 0 bridgehead atoms. The maximum Gasteiger partial charge on any atom is 0.408 e. The van der Waals surface area contributed by atoms with E-state index in [2.05, 4.69) is 22.8 Å². The Morgan fingerprint density at radius 1 is 0.900 bits per heavy atom. The average molecular weight is 543 g/mol. The number of benzene rings is 3. The highest BCUT2D eigenvalue weighted by molar-refractivity contribution is 5.93. The number of aliphatic carboxylic acids is 1. The lowest BCUT2D eigenvalue weighted by molar-refractivity contribution is -0.147. The van der Waals surface area contributed by atoms with Crippen LogP contribution in [0.4, 0.5) is 4.79 Å². The Morgan fingerprint density at radius 3 is 2.08 bits per heavy atom. The molecule has 3 aromatic carbocycles. The van der Waals surface area contributed by atoms with Crippen LogP contribution >= 0.6 is 0 Å². The van der Waals surface area contributed by atoms with Crippen molar-refractivity contribution in [2.75, 3.05) is 6.61 Å². The normalized spacial score (nSPS) is 16.8. The van der Waals surface area contributed by atoms with Gasteiger partial charge < -0.3 is 25.2 Å². The van der Waals surface area contributed by atoms with E-state index in [1.807, 2.05) is 66.7 Å². The Balaban J connectivity index is 1.23. The molecule has 8 nitrogen and oxygen atoms in total. The molecule has 8 heteroatoms. The van der Waals surface area contributed by atoms with Crippen molar-refractivity contribution in [2.45, 2.75) is 62.8 Å². The van der Waals surface area contributed by atoms with Crippen LogP contribution in [0.3, 0.4) is 0 Å². The van der Waals surface area contributed by atoms with E-state index >= 15 is 0 Å². The van der Waals surface area contributed by atoms with Gasteiger partial charge in [0.1, 0.15) is 12.1 Å². The van der Waals surface area contributed by atoms with Crippen LogP contribution in [0.2, 0.25) is 0 Å². The molecule has 40 heavy (non-hydrogen) atoms. The summed E-state index contributed by atoms with van der Waals surface area (Å²) in [6.07, 6.45) is 0.765. The summed E-state index contributed by atoms with van der Waals surface area (Å²) in [7, 11) is 0. The number of nitrogens with one attached hydrogen (secondary N) is 2. The molecule has 2 amide bonds. The highest BCUT2D eigenvalue weighted by Crippen LogP contribution is 2.44. The highest BCUT2D eigenvalue weighted by atomic mass is 16.5. The Bertz CT molecular complexity index is 1320. The lowest BCUT2D eigenvalue weighted by Gasteiger charge is -2.31. The van der Waals surface area contributed by atoms with Gasteiger partial charge >= 0.3 is 12.1 Å². The van der Waals surface area contributed by atoms with Crippen LogP contribution < -0.4 is 10.6 Å². The lowest BCUT2D eigenvalue weighted by atomic mass is 9.95. The lowest BCUT2D eigenvalue weighted by Crippen LogP contribution is -2.61. The van der Waals surface area contributed by atoms with Crippen molar-refractivity contribution < 1.29 is 29.0 Å². The first-order chi connectivity index (χ1) is 19.4. The van der Waals surface area contributed by atoms with Crippen LogP contribution in [-0.2, 0) is 25.7 Å². The first-order valence-corrected chi connectivity index (χ1v) is 13.7. The second-order valence-corrected chi connectivity index (χ2v) is 10.5. The van der Waals surface area contributed by atoms with E-state index in [0.717, 1.165) is 40.7 Å². The molecule has 0 aliphatic heterocycles. The number of rotatable bonds is 10. The quantitative estimate of drug-likeness (QED) is 0.332. The fourth-order valence-corrected chi connectivity index (χ4v) is 5.77. The predicted octanol–water partition coefficient (Wildman–Crippen LogP) is 5.01. The number of ether oxygens (including phenoxy) is 2. The van der Waals surface area contributed by atoms with Gasteiger partial charge in [0.15, 0.2) is 6.04 Å². The van der Waals surface area contributed by atoms with Gasteiger partial charge in [0, 0.05) is 5.92 Å². The smallest absolute Gasteiger partial charge is 0.408 e. The minimum absolute atomic E-state index is 0.106. The highest BCUT2D eigenvalue weighted by Gasteiger charge is 2.45. The predicted molar refractivity (Wildman–Crippen MR) is 150 cm³/mol. The molecule has 3 aromatic rings. The third-order valence-corrected chi connectivity index (χ3v) is 7.95. The molecule has 0 aromatic heterocycles. The summed E-state index contributed by atoms with van der Waals surface area (Å²) in [5.74, 6) is -1.85. The zero-order valence-electron chi connectivity index (χ0n) is 22.5. The number of hydrogen-bond acceptors (Lipinski definition) is 5. The van der Waals surface area contributed by atoms with Gasteiger partial charge in [-0.3, -0.25) is 4.79 Å². The molecule has 2 aliphatic carbocycles. The molecule has 2 aliphatic rings. The average Bonchev–Trinajstić information content (AvgIpc) is 3.57. The van der Waals surface area contributed by atoms with Crippen LogP contribution in [0.15, 0.2) is 78.9 Å². The van der Waals surface area contributed by atoms with Gasteiger partial charge in [0.25, 0.3) is 0 Å². The molecule has 2 atom stereocenters. The molecule has 0 saturated heterocycles. The third kappa shape index (κ3) is 5.72. The van der Waals surface area contributed by atoms with Gasteiger partial charge in [-0.1, -0.05) is 91.7 Å². The van der Waals surface area contributed by atoms with Gasteiger partial charge in [-0.05, 0) is 47.6 Å². The van der Waals surface area contributed by atoms with Crippen molar-refractivity contribution in [1.29, 1.82) is 0 Å². The van der Waals surface area contributed by atoms with Gasteiger partial charge in [0.2, 0.25) is 5.91 Å².